The molecule has 1 aliphatic carbocycles. The third-order valence-electron chi connectivity index (χ3n) is 4.28. The zero-order valence-corrected chi connectivity index (χ0v) is 11.7. The molecule has 19 heavy (non-hydrogen) atoms. The molecule has 0 saturated carbocycles. The van der Waals surface area contributed by atoms with Gasteiger partial charge in [0.25, 0.3) is 0 Å². The van der Waals surface area contributed by atoms with Gasteiger partial charge in [0.05, 0.1) is 0 Å². The summed E-state index contributed by atoms with van der Waals surface area (Å²) in [7, 11) is 4.37. The Kier molecular flexibility index (Phi) is 3.39. The minimum atomic E-state index is 0.564. The van der Waals surface area contributed by atoms with Gasteiger partial charge in [0.2, 0.25) is 0 Å². The van der Waals surface area contributed by atoms with E-state index in [1.54, 1.807) is 0 Å². The highest BCUT2D eigenvalue weighted by atomic mass is 15.1. The zero-order chi connectivity index (χ0) is 13.2. The molecule has 1 aliphatic rings. The number of nitrogens with zero attached hydrogens (tertiary/aromatic N) is 1. The van der Waals surface area contributed by atoms with Crippen LogP contribution < -0.4 is 0 Å². The summed E-state index contributed by atoms with van der Waals surface area (Å²) < 4.78 is 0. The van der Waals surface area contributed by atoms with E-state index in [2.05, 4.69) is 73.6 Å². The van der Waals surface area contributed by atoms with Crippen LogP contribution in [0.5, 0.6) is 0 Å². The third-order valence-corrected chi connectivity index (χ3v) is 4.28. The van der Waals surface area contributed by atoms with E-state index in [1.165, 1.54) is 29.5 Å². The second-order valence-electron chi connectivity index (χ2n) is 5.65. The van der Waals surface area contributed by atoms with Gasteiger partial charge in [0.15, 0.2) is 0 Å². The summed E-state index contributed by atoms with van der Waals surface area (Å²) in [4.78, 5) is 2.35. The minimum absolute atomic E-state index is 0.564. The maximum Gasteiger partial charge on any atom is 0.0345 e. The maximum atomic E-state index is 2.35. The topological polar surface area (TPSA) is 3.24 Å². The lowest BCUT2D eigenvalue weighted by molar-refractivity contribution is 0.263. The Morgan fingerprint density at radius 2 is 1.42 bits per heavy atom. The summed E-state index contributed by atoms with van der Waals surface area (Å²) in [5.41, 5.74) is 4.47. The highest BCUT2D eigenvalue weighted by molar-refractivity contribution is 5.41. The molecular formula is C18H21N. The monoisotopic (exact) mass is 251 g/mol. The molecule has 1 nitrogen and oxygen atoms in total. The van der Waals surface area contributed by atoms with E-state index in [0.717, 1.165) is 0 Å². The highest BCUT2D eigenvalue weighted by Gasteiger charge is 2.28. The normalized spacial score (nSPS) is 22.3. The summed E-state index contributed by atoms with van der Waals surface area (Å²) in [6, 6.07) is 20.4. The number of hydrogen-bond donors (Lipinski definition) is 0. The quantitative estimate of drug-likeness (QED) is 0.772. The van der Waals surface area contributed by atoms with Gasteiger partial charge in [-0.1, -0.05) is 54.6 Å². The average Bonchev–Trinajstić information content (AvgIpc) is 2.47. The van der Waals surface area contributed by atoms with Crippen LogP contribution in [0.1, 0.15) is 41.5 Å². The lowest BCUT2D eigenvalue weighted by atomic mass is 9.76. The largest absolute Gasteiger partial charge is 0.302 e. The highest BCUT2D eigenvalue weighted by Crippen LogP contribution is 2.42. The average molecular weight is 251 g/mol. The van der Waals surface area contributed by atoms with Crippen molar-refractivity contribution in [3.8, 4) is 0 Å². The van der Waals surface area contributed by atoms with E-state index < -0.39 is 0 Å². The van der Waals surface area contributed by atoms with Gasteiger partial charge >= 0.3 is 0 Å². The van der Waals surface area contributed by atoms with E-state index in [-0.39, 0.29) is 0 Å². The molecule has 2 atom stereocenters. The van der Waals surface area contributed by atoms with Gasteiger partial charge in [-0.3, -0.25) is 0 Å². The standard InChI is InChI=1S/C18H21N/c1-19(2)18-13-12-15(14-8-4-3-5-9-14)16-10-6-7-11-17(16)18/h3-11,15,18H,12-13H2,1-2H3/t15-,18-/m0/s1. The fourth-order valence-corrected chi connectivity index (χ4v) is 3.34. The molecule has 98 valence electrons. The fraction of sp³-hybridized carbons (Fsp3) is 0.333. The summed E-state index contributed by atoms with van der Waals surface area (Å²) in [5, 5.41) is 0. The van der Waals surface area contributed by atoms with Gasteiger partial charge in [0, 0.05) is 12.0 Å². The molecule has 2 aromatic rings. The molecule has 0 bridgehead atoms. The van der Waals surface area contributed by atoms with Crippen LogP contribution in [0.15, 0.2) is 54.6 Å². The molecule has 0 saturated heterocycles. The summed E-state index contributed by atoms with van der Waals surface area (Å²) in [6.07, 6.45) is 2.48. The SMILES string of the molecule is CN(C)[C@H]1CC[C@@H](c2ccccc2)c2ccccc21. The van der Waals surface area contributed by atoms with Crippen molar-refractivity contribution in [2.24, 2.45) is 0 Å². The molecule has 0 radical (unpaired) electrons. The molecule has 0 aliphatic heterocycles. The Morgan fingerprint density at radius 1 is 0.789 bits per heavy atom. The summed E-state index contributed by atoms with van der Waals surface area (Å²) >= 11 is 0. The zero-order valence-electron chi connectivity index (χ0n) is 11.7. The van der Waals surface area contributed by atoms with Crippen LogP contribution in [0.2, 0.25) is 0 Å². The van der Waals surface area contributed by atoms with E-state index >= 15 is 0 Å². The molecule has 0 aromatic heterocycles. The van der Waals surface area contributed by atoms with Crippen molar-refractivity contribution in [1.29, 1.82) is 0 Å². The number of rotatable bonds is 2. The molecular weight excluding hydrogens is 230 g/mol. The first kappa shape index (κ1) is 12.4. The molecule has 2 aromatic carbocycles. The lowest BCUT2D eigenvalue weighted by Crippen LogP contribution is -2.26. The van der Waals surface area contributed by atoms with E-state index in [1.807, 2.05) is 0 Å². The van der Waals surface area contributed by atoms with Gasteiger partial charge in [-0.15, -0.1) is 0 Å². The Morgan fingerprint density at radius 3 is 2.11 bits per heavy atom. The first-order valence-electron chi connectivity index (χ1n) is 7.07. The second kappa shape index (κ2) is 5.18. The smallest absolute Gasteiger partial charge is 0.0345 e. The van der Waals surface area contributed by atoms with Crippen molar-refractivity contribution in [1.82, 2.24) is 4.90 Å². The van der Waals surface area contributed by atoms with Crippen LogP contribution in [0, 0.1) is 0 Å². The Hall–Kier alpha value is -1.60. The third kappa shape index (κ3) is 2.31. The molecule has 1 heteroatoms. The van der Waals surface area contributed by atoms with Gasteiger partial charge < -0.3 is 4.90 Å². The van der Waals surface area contributed by atoms with Gasteiger partial charge in [-0.2, -0.15) is 0 Å². The van der Waals surface area contributed by atoms with E-state index in [4.69, 9.17) is 0 Å². The molecule has 0 unspecified atom stereocenters. The Labute approximate surface area is 115 Å². The van der Waals surface area contributed by atoms with Crippen molar-refractivity contribution in [2.75, 3.05) is 14.1 Å². The summed E-state index contributed by atoms with van der Waals surface area (Å²) in [5.74, 6) is 0.564. The second-order valence-corrected chi connectivity index (χ2v) is 5.65. The Balaban J connectivity index is 2.04. The Bertz CT molecular complexity index is 545. The lowest BCUT2D eigenvalue weighted by Gasteiger charge is -2.35. The van der Waals surface area contributed by atoms with Crippen LogP contribution in [0.25, 0.3) is 0 Å². The predicted molar refractivity (Wildman–Crippen MR) is 80.4 cm³/mol. The molecule has 3 rings (SSSR count). The first-order valence-corrected chi connectivity index (χ1v) is 7.07. The van der Waals surface area contributed by atoms with Crippen molar-refractivity contribution < 1.29 is 0 Å². The fourth-order valence-electron chi connectivity index (χ4n) is 3.34. The predicted octanol–water partition coefficient (Wildman–Crippen LogP) is 4.22. The molecule has 0 amide bonds. The van der Waals surface area contributed by atoms with Crippen LogP contribution in [0.4, 0.5) is 0 Å². The minimum Gasteiger partial charge on any atom is -0.302 e. The van der Waals surface area contributed by atoms with Gasteiger partial charge in [-0.25, -0.2) is 0 Å². The number of benzene rings is 2. The van der Waals surface area contributed by atoms with Crippen molar-refractivity contribution in [2.45, 2.75) is 24.8 Å². The molecule has 0 spiro atoms. The van der Waals surface area contributed by atoms with Crippen LogP contribution in [-0.4, -0.2) is 19.0 Å². The number of hydrogen-bond acceptors (Lipinski definition) is 1. The van der Waals surface area contributed by atoms with Crippen molar-refractivity contribution in [3.05, 3.63) is 71.3 Å². The number of fused-ring (bicyclic) bond motifs is 1. The van der Waals surface area contributed by atoms with Crippen LogP contribution >= 0.6 is 0 Å². The molecule has 0 N–H and O–H groups in total. The maximum absolute atomic E-state index is 2.35. The summed E-state index contributed by atoms with van der Waals surface area (Å²) in [6.45, 7) is 0. The first-order chi connectivity index (χ1) is 9.27. The molecule has 0 fully saturated rings. The van der Waals surface area contributed by atoms with Crippen molar-refractivity contribution in [3.63, 3.8) is 0 Å². The van der Waals surface area contributed by atoms with Gasteiger partial charge in [0.1, 0.15) is 0 Å². The van der Waals surface area contributed by atoms with Gasteiger partial charge in [-0.05, 0) is 43.6 Å². The van der Waals surface area contributed by atoms with E-state index in [0.29, 0.717) is 12.0 Å². The van der Waals surface area contributed by atoms with Crippen molar-refractivity contribution >= 4 is 0 Å². The molecule has 0 heterocycles. The van der Waals surface area contributed by atoms with E-state index in [9.17, 15) is 0 Å². The van der Waals surface area contributed by atoms with Crippen LogP contribution in [-0.2, 0) is 0 Å². The van der Waals surface area contributed by atoms with Crippen LogP contribution in [0.3, 0.4) is 0 Å².